The Bertz CT molecular complexity index is 712. The monoisotopic (exact) mass is 302 g/mol. The van der Waals surface area contributed by atoms with Crippen molar-refractivity contribution < 1.29 is 19.2 Å². The second-order valence-corrected chi connectivity index (χ2v) is 4.78. The summed E-state index contributed by atoms with van der Waals surface area (Å²) in [4.78, 5) is 49.0. The van der Waals surface area contributed by atoms with Gasteiger partial charge in [-0.05, 0) is 24.6 Å². The number of nitrogens with one attached hydrogen (secondary N) is 3. The van der Waals surface area contributed by atoms with E-state index in [-0.39, 0.29) is 0 Å². The number of hydrogen-bond donors (Lipinski definition) is 3. The molecule has 112 valence electrons. The highest BCUT2D eigenvalue weighted by molar-refractivity contribution is 6.19. The molecule has 0 bridgehead atoms. The number of aliphatic imine (C=N–C) groups is 1. The van der Waals surface area contributed by atoms with Crippen LogP contribution in [0.1, 0.15) is 6.92 Å². The zero-order chi connectivity index (χ0) is 15.9. The van der Waals surface area contributed by atoms with Crippen molar-refractivity contribution in [2.45, 2.75) is 19.0 Å². The molecule has 3 rings (SSSR count). The van der Waals surface area contributed by atoms with Crippen LogP contribution in [0.3, 0.4) is 0 Å². The first kappa shape index (κ1) is 13.8. The third-order valence-corrected chi connectivity index (χ3v) is 3.17. The van der Waals surface area contributed by atoms with E-state index in [1.807, 2.05) is 10.6 Å². The summed E-state index contributed by atoms with van der Waals surface area (Å²) in [6.07, 6.45) is 3.29. The summed E-state index contributed by atoms with van der Waals surface area (Å²) in [6.45, 7) is 1.76. The number of carbonyl (C=O) groups excluding carboxylic acids is 4. The lowest BCUT2D eigenvalue weighted by Gasteiger charge is -2.18. The molecule has 0 radical (unpaired) electrons. The van der Waals surface area contributed by atoms with Crippen LogP contribution >= 0.6 is 0 Å². The lowest BCUT2D eigenvalue weighted by atomic mass is 9.99. The molecular formula is C12H10N6O4. The number of fused-ring (bicyclic) bond motifs is 1. The molecule has 1 unspecified atom stereocenters. The highest BCUT2D eigenvalue weighted by Gasteiger charge is 2.34. The summed E-state index contributed by atoms with van der Waals surface area (Å²) in [7, 11) is 0. The van der Waals surface area contributed by atoms with Crippen molar-refractivity contribution in [2.75, 3.05) is 0 Å². The van der Waals surface area contributed by atoms with Gasteiger partial charge in [-0.25, -0.2) is 9.59 Å². The lowest BCUT2D eigenvalue weighted by molar-refractivity contribution is -0.131. The summed E-state index contributed by atoms with van der Waals surface area (Å²) in [5, 5.41) is 14.0. The minimum atomic E-state index is -1.42. The smallest absolute Gasteiger partial charge is 0.304 e. The molecule has 2 aliphatic heterocycles. The van der Waals surface area contributed by atoms with Gasteiger partial charge in [0, 0.05) is 0 Å². The van der Waals surface area contributed by atoms with Gasteiger partial charge in [0.25, 0.3) is 11.8 Å². The molecule has 3 N–H and O–H groups in total. The summed E-state index contributed by atoms with van der Waals surface area (Å²) in [5.74, 6) is -1.67. The van der Waals surface area contributed by atoms with E-state index < -0.39 is 36.0 Å². The Morgan fingerprint density at radius 1 is 1.05 bits per heavy atom. The number of carbonyl (C=O) groups is 4. The minimum absolute atomic E-state index is 0.465. The quantitative estimate of drug-likeness (QED) is 0.469. The zero-order valence-corrected chi connectivity index (χ0v) is 11.3. The summed E-state index contributed by atoms with van der Waals surface area (Å²) in [5.41, 5.74) is 1.76. The molecule has 1 aliphatic carbocycles. The topological polar surface area (TPSA) is 141 Å². The summed E-state index contributed by atoms with van der Waals surface area (Å²) >= 11 is 0. The van der Waals surface area contributed by atoms with Crippen LogP contribution in [0.5, 0.6) is 0 Å². The first-order chi connectivity index (χ1) is 10.4. The van der Waals surface area contributed by atoms with E-state index in [0.717, 1.165) is 5.57 Å². The standard InChI is InChI=1S/C12H10N6O4/c1-4-2-6-7(14-11(21)13-6)3-5(4)17-18-8-9(19)15-12(22)16-10(8)20/h2-3,5,8H,1H3,(H,14,21)(H2,15,16,19,20,22). The Kier molecular flexibility index (Phi) is 3.13. The van der Waals surface area contributed by atoms with E-state index in [9.17, 15) is 19.2 Å². The molecule has 0 aromatic heterocycles. The number of rotatable bonds is 2. The summed E-state index contributed by atoms with van der Waals surface area (Å²) in [6, 6.07) is -3.30. The number of hydrogen-bond acceptors (Lipinski definition) is 6. The second kappa shape index (κ2) is 4.98. The van der Waals surface area contributed by atoms with Gasteiger partial charge in [-0.2, -0.15) is 15.2 Å². The van der Waals surface area contributed by atoms with Crippen molar-refractivity contribution in [1.29, 1.82) is 0 Å². The Labute approximate surface area is 123 Å². The first-order valence-corrected chi connectivity index (χ1v) is 6.30. The molecule has 10 heteroatoms. The van der Waals surface area contributed by atoms with Gasteiger partial charge in [0.2, 0.25) is 6.04 Å². The molecule has 0 aromatic rings. The molecule has 10 nitrogen and oxygen atoms in total. The molecular weight excluding hydrogens is 292 g/mol. The average Bonchev–Trinajstić information content (AvgIpc) is 2.76. The molecule has 22 heavy (non-hydrogen) atoms. The van der Waals surface area contributed by atoms with Crippen molar-refractivity contribution >= 4 is 29.6 Å². The van der Waals surface area contributed by atoms with Crippen LogP contribution in [0, 0.1) is 0 Å². The van der Waals surface area contributed by atoms with Crippen molar-refractivity contribution in [2.24, 2.45) is 15.2 Å². The van der Waals surface area contributed by atoms with Gasteiger partial charge in [0.05, 0.1) is 11.4 Å². The molecule has 0 aromatic carbocycles. The predicted octanol–water partition coefficient (Wildman–Crippen LogP) is -0.450. The van der Waals surface area contributed by atoms with Gasteiger partial charge in [-0.15, -0.1) is 0 Å². The van der Waals surface area contributed by atoms with Crippen LogP contribution in [0.25, 0.3) is 0 Å². The average molecular weight is 302 g/mol. The molecule has 0 spiro atoms. The van der Waals surface area contributed by atoms with Crippen LogP contribution in [0.4, 0.5) is 9.59 Å². The van der Waals surface area contributed by atoms with Crippen LogP contribution in [0.15, 0.2) is 38.6 Å². The van der Waals surface area contributed by atoms with E-state index in [4.69, 9.17) is 0 Å². The van der Waals surface area contributed by atoms with Gasteiger partial charge in [-0.1, -0.05) is 0 Å². The predicted molar refractivity (Wildman–Crippen MR) is 71.9 cm³/mol. The van der Waals surface area contributed by atoms with Gasteiger partial charge in [-0.3, -0.25) is 20.2 Å². The van der Waals surface area contributed by atoms with Gasteiger partial charge in [0.1, 0.15) is 6.04 Å². The van der Waals surface area contributed by atoms with E-state index in [2.05, 4.69) is 20.5 Å². The molecule has 1 atom stereocenters. The Morgan fingerprint density at radius 2 is 1.73 bits per heavy atom. The number of barbiturate groups is 1. The van der Waals surface area contributed by atoms with E-state index in [1.54, 1.807) is 19.1 Å². The lowest BCUT2D eigenvalue weighted by Crippen LogP contribution is -2.57. The van der Waals surface area contributed by atoms with Crippen LogP contribution in [-0.2, 0) is 9.59 Å². The Hall–Kier alpha value is -3.17. The van der Waals surface area contributed by atoms with Crippen LogP contribution in [-0.4, -0.2) is 41.7 Å². The number of urea groups is 2. The third kappa shape index (κ3) is 2.41. The van der Waals surface area contributed by atoms with Crippen molar-refractivity contribution in [3.8, 4) is 0 Å². The summed E-state index contributed by atoms with van der Waals surface area (Å²) < 4.78 is 0. The zero-order valence-electron chi connectivity index (χ0n) is 11.3. The molecule has 0 saturated carbocycles. The maximum atomic E-state index is 11.5. The highest BCUT2D eigenvalue weighted by Crippen LogP contribution is 2.21. The Balaban J connectivity index is 1.79. The molecule has 3 aliphatic rings. The van der Waals surface area contributed by atoms with Crippen LogP contribution in [0.2, 0.25) is 0 Å². The SMILES string of the molecule is CC1=CC2=NC(=O)NC2=CC1N=NC1C(=O)NC(=O)NC1=O. The van der Waals surface area contributed by atoms with Crippen molar-refractivity contribution in [3.63, 3.8) is 0 Å². The fourth-order valence-electron chi connectivity index (χ4n) is 2.08. The van der Waals surface area contributed by atoms with Crippen molar-refractivity contribution in [1.82, 2.24) is 16.0 Å². The van der Waals surface area contributed by atoms with Gasteiger partial charge < -0.3 is 5.32 Å². The molecule has 1 saturated heterocycles. The van der Waals surface area contributed by atoms with E-state index >= 15 is 0 Å². The van der Waals surface area contributed by atoms with E-state index in [1.165, 1.54) is 0 Å². The first-order valence-electron chi connectivity index (χ1n) is 6.30. The third-order valence-electron chi connectivity index (χ3n) is 3.17. The maximum absolute atomic E-state index is 11.5. The number of imide groups is 2. The molecule has 2 heterocycles. The number of nitrogens with zero attached hydrogens (tertiary/aromatic N) is 3. The van der Waals surface area contributed by atoms with Gasteiger partial charge >= 0.3 is 12.1 Å². The number of azo groups is 1. The normalized spacial score (nSPS) is 25.1. The fraction of sp³-hybridized carbons (Fsp3) is 0.250. The maximum Gasteiger partial charge on any atom is 0.346 e. The molecule has 6 amide bonds. The second-order valence-electron chi connectivity index (χ2n) is 4.78. The van der Waals surface area contributed by atoms with Crippen LogP contribution < -0.4 is 16.0 Å². The Morgan fingerprint density at radius 3 is 2.41 bits per heavy atom. The number of allylic oxidation sites excluding steroid dienone is 1. The van der Waals surface area contributed by atoms with Gasteiger partial charge in [0.15, 0.2) is 0 Å². The molecule has 1 fully saturated rings. The minimum Gasteiger partial charge on any atom is -0.304 e. The largest absolute Gasteiger partial charge is 0.346 e. The van der Waals surface area contributed by atoms with E-state index in [0.29, 0.717) is 11.4 Å². The van der Waals surface area contributed by atoms with Crippen molar-refractivity contribution in [3.05, 3.63) is 23.4 Å². The highest BCUT2D eigenvalue weighted by atomic mass is 16.2. The fourth-order valence-corrected chi connectivity index (χ4v) is 2.08. The number of amides is 6.